The summed E-state index contributed by atoms with van der Waals surface area (Å²) in [6.07, 6.45) is 1.84. The monoisotopic (exact) mass is 297 g/mol. The number of aliphatic imine (C=N–C) groups is 1. The van der Waals surface area contributed by atoms with Crippen LogP contribution in [0.15, 0.2) is 16.6 Å². The Labute approximate surface area is 124 Å². The number of nitrogens with zero attached hydrogens (tertiary/aromatic N) is 4. The normalized spacial score (nSPS) is 17.6. The summed E-state index contributed by atoms with van der Waals surface area (Å²) in [5, 5.41) is 3.09. The first-order chi connectivity index (χ1) is 9.52. The Kier molecular flexibility index (Phi) is 4.82. The van der Waals surface area contributed by atoms with Crippen molar-refractivity contribution in [1.82, 2.24) is 9.88 Å². The molecule has 1 saturated heterocycles. The van der Waals surface area contributed by atoms with Gasteiger partial charge in [-0.05, 0) is 13.8 Å². The number of hydrogen-bond donors (Lipinski definition) is 1. The Morgan fingerprint density at radius 1 is 1.45 bits per heavy atom. The Bertz CT molecular complexity index is 438. The van der Waals surface area contributed by atoms with Crippen molar-refractivity contribution in [2.24, 2.45) is 10.7 Å². The van der Waals surface area contributed by atoms with Crippen molar-refractivity contribution < 1.29 is 4.74 Å². The Morgan fingerprint density at radius 2 is 2.15 bits per heavy atom. The molecule has 0 aromatic carbocycles. The van der Waals surface area contributed by atoms with Gasteiger partial charge in [0.15, 0.2) is 11.1 Å². The van der Waals surface area contributed by atoms with E-state index in [1.54, 1.807) is 18.4 Å². The van der Waals surface area contributed by atoms with Crippen molar-refractivity contribution >= 4 is 22.4 Å². The number of nitrogens with two attached hydrogens (primary N) is 1. The molecule has 2 rings (SSSR count). The highest BCUT2D eigenvalue weighted by atomic mass is 32.1. The molecule has 1 fully saturated rings. The van der Waals surface area contributed by atoms with E-state index in [0.717, 1.165) is 31.3 Å². The molecule has 1 aromatic rings. The summed E-state index contributed by atoms with van der Waals surface area (Å²) in [7, 11) is 1.69. The zero-order valence-corrected chi connectivity index (χ0v) is 13.2. The standard InChI is InChI=1S/C13H23N5OS/c1-13(2,19-3)10-16-11(14)17-5-7-18(8-6-17)12-15-4-9-20-12/h4,9H,5-8,10H2,1-3H3,(H2,14,16). The number of thiazole rings is 1. The van der Waals surface area contributed by atoms with Crippen LogP contribution in [0.5, 0.6) is 0 Å². The molecule has 0 atom stereocenters. The number of guanidine groups is 1. The van der Waals surface area contributed by atoms with Gasteiger partial charge >= 0.3 is 0 Å². The minimum atomic E-state index is -0.271. The fourth-order valence-corrected chi connectivity index (χ4v) is 2.63. The molecule has 7 heteroatoms. The van der Waals surface area contributed by atoms with Crippen molar-refractivity contribution in [1.29, 1.82) is 0 Å². The number of rotatable bonds is 4. The smallest absolute Gasteiger partial charge is 0.191 e. The van der Waals surface area contributed by atoms with Crippen LogP contribution in [-0.4, -0.2) is 61.3 Å². The Hall–Kier alpha value is -1.34. The minimum Gasteiger partial charge on any atom is -0.377 e. The van der Waals surface area contributed by atoms with Gasteiger partial charge in [0.1, 0.15) is 0 Å². The van der Waals surface area contributed by atoms with Crippen molar-refractivity contribution in [3.05, 3.63) is 11.6 Å². The van der Waals surface area contributed by atoms with Gasteiger partial charge in [0.25, 0.3) is 0 Å². The van der Waals surface area contributed by atoms with Crippen LogP contribution in [0, 0.1) is 0 Å². The average Bonchev–Trinajstić information content (AvgIpc) is 2.99. The molecule has 2 heterocycles. The maximum atomic E-state index is 6.06. The quantitative estimate of drug-likeness (QED) is 0.663. The first kappa shape index (κ1) is 15.1. The minimum absolute atomic E-state index is 0.271. The summed E-state index contributed by atoms with van der Waals surface area (Å²) in [6, 6.07) is 0. The van der Waals surface area contributed by atoms with E-state index in [1.807, 2.05) is 25.4 Å². The van der Waals surface area contributed by atoms with Gasteiger partial charge < -0.3 is 20.3 Å². The van der Waals surface area contributed by atoms with Crippen LogP contribution < -0.4 is 10.6 Å². The first-order valence-corrected chi connectivity index (χ1v) is 7.64. The summed E-state index contributed by atoms with van der Waals surface area (Å²) in [5.41, 5.74) is 5.79. The third-order valence-corrected chi connectivity index (χ3v) is 4.30. The van der Waals surface area contributed by atoms with E-state index >= 15 is 0 Å². The zero-order chi connectivity index (χ0) is 14.6. The highest BCUT2D eigenvalue weighted by Gasteiger charge is 2.21. The van der Waals surface area contributed by atoms with E-state index in [2.05, 4.69) is 19.8 Å². The van der Waals surface area contributed by atoms with Gasteiger partial charge in [0.05, 0.1) is 12.1 Å². The predicted octanol–water partition coefficient (Wildman–Crippen LogP) is 1.00. The number of ether oxygens (including phenoxy) is 1. The zero-order valence-electron chi connectivity index (χ0n) is 12.4. The van der Waals surface area contributed by atoms with Gasteiger partial charge in [-0.2, -0.15) is 0 Å². The van der Waals surface area contributed by atoms with Gasteiger partial charge in [0, 0.05) is 44.9 Å². The number of hydrogen-bond acceptors (Lipinski definition) is 5. The van der Waals surface area contributed by atoms with Gasteiger partial charge in [-0.3, -0.25) is 4.99 Å². The molecule has 0 saturated carbocycles. The second-order valence-corrected chi connectivity index (χ2v) is 6.30. The van der Waals surface area contributed by atoms with Crippen LogP contribution in [0.2, 0.25) is 0 Å². The van der Waals surface area contributed by atoms with Gasteiger partial charge in [0.2, 0.25) is 0 Å². The molecule has 6 nitrogen and oxygen atoms in total. The molecule has 1 aliphatic rings. The molecule has 0 radical (unpaired) electrons. The van der Waals surface area contributed by atoms with Crippen LogP contribution in [0.3, 0.4) is 0 Å². The van der Waals surface area contributed by atoms with E-state index in [9.17, 15) is 0 Å². The average molecular weight is 297 g/mol. The van der Waals surface area contributed by atoms with Gasteiger partial charge in [-0.15, -0.1) is 11.3 Å². The van der Waals surface area contributed by atoms with Crippen molar-refractivity contribution in [2.75, 3.05) is 44.7 Å². The lowest BCUT2D eigenvalue weighted by Gasteiger charge is -2.35. The number of methoxy groups -OCH3 is 1. The summed E-state index contributed by atoms with van der Waals surface area (Å²) >= 11 is 1.67. The summed E-state index contributed by atoms with van der Waals surface area (Å²) in [5.74, 6) is 0.605. The van der Waals surface area contributed by atoms with Crippen LogP contribution in [0.25, 0.3) is 0 Å². The fourth-order valence-electron chi connectivity index (χ4n) is 1.93. The molecule has 0 bridgehead atoms. The van der Waals surface area contributed by atoms with E-state index in [0.29, 0.717) is 12.5 Å². The predicted molar refractivity (Wildman–Crippen MR) is 83.5 cm³/mol. The van der Waals surface area contributed by atoms with Crippen molar-refractivity contribution in [2.45, 2.75) is 19.4 Å². The van der Waals surface area contributed by atoms with Crippen LogP contribution in [0.1, 0.15) is 13.8 Å². The number of aromatic nitrogens is 1. The fraction of sp³-hybridized carbons (Fsp3) is 0.692. The Balaban J connectivity index is 1.85. The maximum Gasteiger partial charge on any atom is 0.191 e. The molecule has 0 aliphatic carbocycles. The lowest BCUT2D eigenvalue weighted by molar-refractivity contribution is 0.0309. The lowest BCUT2D eigenvalue weighted by atomic mass is 10.1. The van der Waals surface area contributed by atoms with Gasteiger partial charge in [-0.1, -0.05) is 0 Å². The summed E-state index contributed by atoms with van der Waals surface area (Å²) in [4.78, 5) is 13.2. The van der Waals surface area contributed by atoms with Crippen LogP contribution >= 0.6 is 11.3 Å². The van der Waals surface area contributed by atoms with Crippen LogP contribution in [0.4, 0.5) is 5.13 Å². The summed E-state index contributed by atoms with van der Waals surface area (Å²) in [6.45, 7) is 8.19. The largest absolute Gasteiger partial charge is 0.377 e. The van der Waals surface area contributed by atoms with Crippen molar-refractivity contribution in [3.63, 3.8) is 0 Å². The third-order valence-electron chi connectivity index (χ3n) is 3.47. The van der Waals surface area contributed by atoms with E-state index < -0.39 is 0 Å². The second kappa shape index (κ2) is 6.41. The lowest BCUT2D eigenvalue weighted by Crippen LogP contribution is -2.51. The molecular formula is C13H23N5OS. The molecule has 2 N–H and O–H groups in total. The second-order valence-electron chi connectivity index (χ2n) is 5.43. The SMILES string of the molecule is COC(C)(C)CN=C(N)N1CCN(c2nccs2)CC1. The molecule has 0 spiro atoms. The van der Waals surface area contributed by atoms with Gasteiger partial charge in [-0.25, -0.2) is 4.98 Å². The van der Waals surface area contributed by atoms with Crippen molar-refractivity contribution in [3.8, 4) is 0 Å². The highest BCUT2D eigenvalue weighted by Crippen LogP contribution is 2.18. The molecular weight excluding hydrogens is 274 g/mol. The maximum absolute atomic E-state index is 6.06. The topological polar surface area (TPSA) is 67.0 Å². The van der Waals surface area contributed by atoms with E-state index in [4.69, 9.17) is 10.5 Å². The molecule has 20 heavy (non-hydrogen) atoms. The Morgan fingerprint density at radius 3 is 2.70 bits per heavy atom. The summed E-state index contributed by atoms with van der Waals surface area (Å²) < 4.78 is 5.35. The highest BCUT2D eigenvalue weighted by molar-refractivity contribution is 7.13. The molecule has 0 unspecified atom stereocenters. The third kappa shape index (κ3) is 3.83. The molecule has 112 valence electrons. The van der Waals surface area contributed by atoms with E-state index in [1.165, 1.54) is 0 Å². The first-order valence-electron chi connectivity index (χ1n) is 6.76. The van der Waals surface area contributed by atoms with E-state index in [-0.39, 0.29) is 5.60 Å². The molecule has 1 aliphatic heterocycles. The number of anilines is 1. The van der Waals surface area contributed by atoms with Crippen LogP contribution in [-0.2, 0) is 4.74 Å². The number of piperazine rings is 1. The molecule has 0 amide bonds. The molecule has 1 aromatic heterocycles.